The number of rotatable bonds is 5. The van der Waals surface area contributed by atoms with Crippen molar-refractivity contribution in [1.82, 2.24) is 9.46 Å². The molecule has 0 spiro atoms. The molecule has 0 radical (unpaired) electrons. The van der Waals surface area contributed by atoms with E-state index in [4.69, 9.17) is 10.3 Å². The van der Waals surface area contributed by atoms with Crippen LogP contribution in [0.15, 0.2) is 28.8 Å². The Kier molecular flexibility index (Phi) is 4.34. The normalized spacial score (nSPS) is 12.0. The molecular weight excluding hydrogens is 290 g/mol. The van der Waals surface area contributed by atoms with Crippen LogP contribution in [0.2, 0.25) is 0 Å². The molecule has 0 fully saturated rings. The molecule has 0 aliphatic rings. The van der Waals surface area contributed by atoms with Crippen molar-refractivity contribution in [2.75, 3.05) is 12.8 Å². The molecule has 1 heterocycles. The summed E-state index contributed by atoms with van der Waals surface area (Å²) in [6.45, 7) is 3.81. The average molecular weight is 309 g/mol. The molecule has 2 N–H and O–H groups in total. The molecule has 0 aliphatic carbocycles. The maximum Gasteiger partial charge on any atom is 0.218 e. The fraction of sp³-hybridized carbons (Fsp3) is 0.357. The van der Waals surface area contributed by atoms with Crippen LogP contribution < -0.4 is 5.73 Å². The Morgan fingerprint density at radius 3 is 2.62 bits per heavy atom. The van der Waals surface area contributed by atoms with E-state index < -0.39 is 10.0 Å². The highest BCUT2D eigenvalue weighted by Crippen LogP contribution is 2.18. The van der Waals surface area contributed by atoms with Crippen LogP contribution in [0.3, 0.4) is 0 Å². The highest BCUT2D eigenvalue weighted by Gasteiger charge is 2.21. The number of benzene rings is 1. The lowest BCUT2D eigenvalue weighted by atomic mass is 10.2. The number of hydrogen-bond donors (Lipinski definition) is 1. The molecule has 6 nitrogen and oxygen atoms in total. The first kappa shape index (κ1) is 15.5. The van der Waals surface area contributed by atoms with E-state index in [0.717, 1.165) is 5.56 Å². The first-order valence-corrected chi connectivity index (χ1v) is 8.10. The number of nitrogen functional groups attached to an aromatic ring is 1. The van der Waals surface area contributed by atoms with E-state index in [1.807, 2.05) is 0 Å². The van der Waals surface area contributed by atoms with Gasteiger partial charge in [-0.15, -0.1) is 0 Å². The highest BCUT2D eigenvalue weighted by molar-refractivity contribution is 7.88. The van der Waals surface area contributed by atoms with Gasteiger partial charge in [-0.3, -0.25) is 0 Å². The molecule has 2 rings (SSSR count). The molecule has 0 unspecified atom stereocenters. The van der Waals surface area contributed by atoms with E-state index in [9.17, 15) is 8.42 Å². The second-order valence-corrected chi connectivity index (χ2v) is 7.14. The molecule has 0 atom stereocenters. The molecule has 0 saturated carbocycles. The second-order valence-electron chi connectivity index (χ2n) is 5.06. The van der Waals surface area contributed by atoms with Gasteiger partial charge >= 0.3 is 0 Å². The quantitative estimate of drug-likeness (QED) is 0.851. The largest absolute Gasteiger partial charge is 0.399 e. The van der Waals surface area contributed by atoms with Gasteiger partial charge in [-0.25, -0.2) is 12.7 Å². The standard InChI is InChI=1S/C14H19N3O3S/c1-10-14(11(2)20-16-10)8-17(3)21(18,19)9-12-5-4-6-13(15)7-12/h4-7H,8-9,15H2,1-3H3. The number of sulfonamides is 1. The van der Waals surface area contributed by atoms with Crippen LogP contribution in [0.5, 0.6) is 0 Å². The maximum atomic E-state index is 12.4. The first-order chi connectivity index (χ1) is 9.79. The predicted molar refractivity (Wildman–Crippen MR) is 80.9 cm³/mol. The Hall–Kier alpha value is -1.86. The van der Waals surface area contributed by atoms with E-state index in [1.54, 1.807) is 45.2 Å². The first-order valence-electron chi connectivity index (χ1n) is 6.50. The third-order valence-corrected chi connectivity index (χ3v) is 5.11. The summed E-state index contributed by atoms with van der Waals surface area (Å²) in [5.74, 6) is 0.552. The van der Waals surface area contributed by atoms with E-state index in [2.05, 4.69) is 5.16 Å². The van der Waals surface area contributed by atoms with Crippen LogP contribution >= 0.6 is 0 Å². The lowest BCUT2D eigenvalue weighted by Gasteiger charge is -2.17. The molecule has 114 valence electrons. The molecule has 0 amide bonds. The summed E-state index contributed by atoms with van der Waals surface area (Å²) in [6.07, 6.45) is 0. The number of anilines is 1. The fourth-order valence-corrected chi connectivity index (χ4v) is 3.20. The van der Waals surface area contributed by atoms with Gasteiger partial charge in [0.05, 0.1) is 11.4 Å². The van der Waals surface area contributed by atoms with E-state index in [-0.39, 0.29) is 12.3 Å². The summed E-state index contributed by atoms with van der Waals surface area (Å²) in [6, 6.07) is 6.89. The Labute approximate surface area is 124 Å². The Morgan fingerprint density at radius 1 is 1.33 bits per heavy atom. The van der Waals surface area contributed by atoms with Gasteiger partial charge in [0.2, 0.25) is 10.0 Å². The smallest absolute Gasteiger partial charge is 0.218 e. The minimum Gasteiger partial charge on any atom is -0.399 e. The van der Waals surface area contributed by atoms with Crippen molar-refractivity contribution in [3.05, 3.63) is 46.8 Å². The van der Waals surface area contributed by atoms with Crippen molar-refractivity contribution >= 4 is 15.7 Å². The molecule has 1 aromatic carbocycles. The summed E-state index contributed by atoms with van der Waals surface area (Å²) in [5.41, 5.74) is 8.40. The highest BCUT2D eigenvalue weighted by atomic mass is 32.2. The van der Waals surface area contributed by atoms with E-state index >= 15 is 0 Å². The van der Waals surface area contributed by atoms with Crippen molar-refractivity contribution in [3.8, 4) is 0 Å². The predicted octanol–water partition coefficient (Wildman–Crippen LogP) is 1.84. The molecular formula is C14H19N3O3S. The SMILES string of the molecule is Cc1noc(C)c1CN(C)S(=O)(=O)Cc1cccc(N)c1. The topological polar surface area (TPSA) is 89.4 Å². The fourth-order valence-electron chi connectivity index (χ4n) is 2.05. The van der Waals surface area contributed by atoms with Crippen LogP contribution in [0.4, 0.5) is 5.69 Å². The van der Waals surface area contributed by atoms with Crippen LogP contribution in [-0.2, 0) is 22.3 Å². The Bertz CT molecular complexity index is 718. The van der Waals surface area contributed by atoms with Gasteiger partial charge in [-0.05, 0) is 31.5 Å². The molecule has 21 heavy (non-hydrogen) atoms. The van der Waals surface area contributed by atoms with Gasteiger partial charge in [0.15, 0.2) is 0 Å². The van der Waals surface area contributed by atoms with E-state index in [1.165, 1.54) is 4.31 Å². The average Bonchev–Trinajstić information content (AvgIpc) is 2.70. The van der Waals surface area contributed by atoms with Gasteiger partial charge in [0, 0.05) is 24.8 Å². The zero-order valence-corrected chi connectivity index (χ0v) is 13.1. The molecule has 1 aromatic heterocycles. The summed E-state index contributed by atoms with van der Waals surface area (Å²) in [5, 5.41) is 3.83. The van der Waals surface area contributed by atoms with Crippen LogP contribution in [0, 0.1) is 13.8 Å². The minimum atomic E-state index is -3.43. The minimum absolute atomic E-state index is 0.0854. The number of nitrogens with zero attached hydrogens (tertiary/aromatic N) is 2. The molecule has 7 heteroatoms. The van der Waals surface area contributed by atoms with Crippen molar-refractivity contribution < 1.29 is 12.9 Å². The monoisotopic (exact) mass is 309 g/mol. The van der Waals surface area contributed by atoms with Crippen LogP contribution in [0.25, 0.3) is 0 Å². The second kappa shape index (κ2) is 5.87. The number of aromatic nitrogens is 1. The van der Waals surface area contributed by atoms with Gasteiger partial charge in [0.25, 0.3) is 0 Å². The Morgan fingerprint density at radius 2 is 2.05 bits per heavy atom. The van der Waals surface area contributed by atoms with Crippen molar-refractivity contribution in [2.45, 2.75) is 26.1 Å². The Balaban J connectivity index is 2.16. The van der Waals surface area contributed by atoms with Crippen molar-refractivity contribution in [1.29, 1.82) is 0 Å². The molecule has 2 aromatic rings. The van der Waals surface area contributed by atoms with E-state index in [0.29, 0.717) is 22.7 Å². The van der Waals surface area contributed by atoms with Crippen molar-refractivity contribution in [3.63, 3.8) is 0 Å². The van der Waals surface area contributed by atoms with Crippen LogP contribution in [0.1, 0.15) is 22.6 Å². The molecule has 0 aliphatic heterocycles. The number of hydrogen-bond acceptors (Lipinski definition) is 5. The maximum absolute atomic E-state index is 12.4. The van der Waals surface area contributed by atoms with Crippen molar-refractivity contribution in [2.24, 2.45) is 0 Å². The van der Waals surface area contributed by atoms with Gasteiger partial charge < -0.3 is 10.3 Å². The number of nitrogens with two attached hydrogens (primary N) is 1. The third kappa shape index (κ3) is 3.62. The summed E-state index contributed by atoms with van der Waals surface area (Å²) >= 11 is 0. The summed E-state index contributed by atoms with van der Waals surface area (Å²) < 4.78 is 31.2. The summed E-state index contributed by atoms with van der Waals surface area (Å²) in [7, 11) is -1.88. The zero-order chi connectivity index (χ0) is 15.6. The number of aryl methyl sites for hydroxylation is 2. The van der Waals surface area contributed by atoms with Gasteiger partial charge in [-0.2, -0.15) is 0 Å². The van der Waals surface area contributed by atoms with Crippen LogP contribution in [-0.4, -0.2) is 24.9 Å². The van der Waals surface area contributed by atoms with Gasteiger partial charge in [0.1, 0.15) is 5.76 Å². The molecule has 0 saturated heterocycles. The third-order valence-electron chi connectivity index (χ3n) is 3.34. The van der Waals surface area contributed by atoms with Gasteiger partial charge in [-0.1, -0.05) is 17.3 Å². The summed E-state index contributed by atoms with van der Waals surface area (Å²) in [4.78, 5) is 0. The lowest BCUT2D eigenvalue weighted by Crippen LogP contribution is -2.28. The molecule has 0 bridgehead atoms. The zero-order valence-electron chi connectivity index (χ0n) is 12.3. The lowest BCUT2D eigenvalue weighted by molar-refractivity contribution is 0.390.